The summed E-state index contributed by atoms with van der Waals surface area (Å²) in [6, 6.07) is 15.3. The summed E-state index contributed by atoms with van der Waals surface area (Å²) in [4.78, 5) is 26.5. The van der Waals surface area contributed by atoms with Crippen LogP contribution < -0.4 is 20.3 Å². The van der Waals surface area contributed by atoms with Crippen LogP contribution in [0, 0.1) is 0 Å². The monoisotopic (exact) mass is 381 g/mol. The van der Waals surface area contributed by atoms with Crippen LogP contribution in [-0.2, 0) is 15.0 Å². The van der Waals surface area contributed by atoms with Gasteiger partial charge in [-0.1, -0.05) is 45.0 Å². The Morgan fingerprint density at radius 3 is 2.43 bits per heavy atom. The Kier molecular flexibility index (Phi) is 5.58. The summed E-state index contributed by atoms with van der Waals surface area (Å²) in [6.07, 6.45) is -0.654. The van der Waals surface area contributed by atoms with E-state index in [9.17, 15) is 9.59 Å². The molecule has 0 aromatic heterocycles. The van der Waals surface area contributed by atoms with Crippen molar-refractivity contribution in [2.45, 2.75) is 32.3 Å². The van der Waals surface area contributed by atoms with Gasteiger partial charge in [0.25, 0.3) is 5.91 Å². The zero-order valence-electron chi connectivity index (χ0n) is 16.8. The van der Waals surface area contributed by atoms with Gasteiger partial charge in [-0.05, 0) is 35.2 Å². The highest BCUT2D eigenvalue weighted by molar-refractivity contribution is 5.95. The maximum absolute atomic E-state index is 12.6. The largest absolute Gasteiger partial charge is 0.477 e. The number of carbonyl (C=O) groups is 2. The fourth-order valence-electron chi connectivity index (χ4n) is 3.18. The second kappa shape index (κ2) is 7.92. The lowest BCUT2D eigenvalue weighted by Crippen LogP contribution is -2.50. The fourth-order valence-corrected chi connectivity index (χ4v) is 3.18. The minimum absolute atomic E-state index is 0.0644. The highest BCUT2D eigenvalue weighted by Gasteiger charge is 2.31. The van der Waals surface area contributed by atoms with Crippen molar-refractivity contribution in [3.05, 3.63) is 54.1 Å². The third kappa shape index (κ3) is 4.44. The average Bonchev–Trinajstić information content (AvgIpc) is 2.67. The second-order valence-corrected chi connectivity index (χ2v) is 7.94. The fraction of sp³-hybridized carbons (Fsp3) is 0.364. The van der Waals surface area contributed by atoms with E-state index in [4.69, 9.17) is 4.74 Å². The first-order valence-corrected chi connectivity index (χ1v) is 9.40. The van der Waals surface area contributed by atoms with Crippen LogP contribution in [0.3, 0.4) is 0 Å². The molecule has 0 aliphatic carbocycles. The molecule has 28 heavy (non-hydrogen) atoms. The smallest absolute Gasteiger partial charge is 0.262 e. The molecule has 148 valence electrons. The standard InChI is InChI=1S/C22H27N3O3/c1-22(2,3)15-9-11-16(12-10-15)24-20(26)14-25-13-19(21(27)23-4)28-18-8-6-5-7-17(18)25/h5-12,19H,13-14H2,1-4H3,(H,23,27)(H,24,26)/t19-/m0/s1. The van der Waals surface area contributed by atoms with Crippen LogP contribution >= 0.6 is 0 Å². The van der Waals surface area contributed by atoms with Crippen LogP contribution in [0.1, 0.15) is 26.3 Å². The first-order chi connectivity index (χ1) is 13.3. The maximum Gasteiger partial charge on any atom is 0.262 e. The van der Waals surface area contributed by atoms with Crippen LogP contribution in [0.4, 0.5) is 11.4 Å². The van der Waals surface area contributed by atoms with Gasteiger partial charge in [-0.2, -0.15) is 0 Å². The number of benzene rings is 2. The van der Waals surface area contributed by atoms with E-state index in [1.54, 1.807) is 13.1 Å². The van der Waals surface area contributed by atoms with Crippen molar-refractivity contribution >= 4 is 23.2 Å². The molecule has 2 aromatic rings. The van der Waals surface area contributed by atoms with E-state index in [2.05, 4.69) is 31.4 Å². The van der Waals surface area contributed by atoms with Crippen molar-refractivity contribution in [1.29, 1.82) is 0 Å². The number of rotatable bonds is 4. The summed E-state index contributed by atoms with van der Waals surface area (Å²) in [5.41, 5.74) is 2.83. The topological polar surface area (TPSA) is 70.7 Å². The zero-order chi connectivity index (χ0) is 20.3. The lowest BCUT2D eigenvalue weighted by atomic mass is 9.87. The van der Waals surface area contributed by atoms with Crippen LogP contribution in [0.15, 0.2) is 48.5 Å². The Labute approximate surface area is 165 Å². The Bertz CT molecular complexity index is 856. The Morgan fingerprint density at radius 1 is 1.11 bits per heavy atom. The molecule has 0 saturated heterocycles. The Hall–Kier alpha value is -3.02. The molecule has 1 aliphatic heterocycles. The normalized spacial score (nSPS) is 16.0. The SMILES string of the molecule is CNC(=O)[C@@H]1CN(CC(=O)Nc2ccc(C(C)(C)C)cc2)c2ccccc2O1. The van der Waals surface area contributed by atoms with E-state index in [0.29, 0.717) is 12.3 Å². The maximum atomic E-state index is 12.6. The van der Waals surface area contributed by atoms with Gasteiger partial charge >= 0.3 is 0 Å². The van der Waals surface area contributed by atoms with E-state index in [-0.39, 0.29) is 23.8 Å². The molecular weight excluding hydrogens is 354 g/mol. The molecule has 6 heteroatoms. The van der Waals surface area contributed by atoms with Gasteiger partial charge in [-0.3, -0.25) is 9.59 Å². The number of nitrogens with zero attached hydrogens (tertiary/aromatic N) is 1. The zero-order valence-corrected chi connectivity index (χ0v) is 16.8. The van der Waals surface area contributed by atoms with Gasteiger partial charge in [-0.25, -0.2) is 0 Å². The van der Waals surface area contributed by atoms with Crippen LogP contribution in [0.5, 0.6) is 5.75 Å². The predicted octanol–water partition coefficient (Wildman–Crippen LogP) is 2.94. The molecule has 1 heterocycles. The lowest BCUT2D eigenvalue weighted by molar-refractivity contribution is -0.127. The molecule has 1 atom stereocenters. The number of nitrogens with one attached hydrogen (secondary N) is 2. The summed E-state index contributed by atoms with van der Waals surface area (Å²) in [6.45, 7) is 6.90. The minimum atomic E-state index is -0.654. The van der Waals surface area contributed by atoms with Gasteiger partial charge in [0.15, 0.2) is 6.10 Å². The van der Waals surface area contributed by atoms with Crippen molar-refractivity contribution in [3.8, 4) is 5.75 Å². The van der Waals surface area contributed by atoms with Crippen molar-refractivity contribution in [3.63, 3.8) is 0 Å². The second-order valence-electron chi connectivity index (χ2n) is 7.94. The Balaban J connectivity index is 1.71. The van der Waals surface area contributed by atoms with Crippen molar-refractivity contribution < 1.29 is 14.3 Å². The summed E-state index contributed by atoms with van der Waals surface area (Å²) in [7, 11) is 1.57. The molecule has 0 bridgehead atoms. The van der Waals surface area contributed by atoms with E-state index >= 15 is 0 Å². The van der Waals surface area contributed by atoms with Gasteiger partial charge in [-0.15, -0.1) is 0 Å². The molecular formula is C22H27N3O3. The van der Waals surface area contributed by atoms with Crippen LogP contribution in [0.2, 0.25) is 0 Å². The number of hydrogen-bond donors (Lipinski definition) is 2. The number of ether oxygens (including phenoxy) is 1. The average molecular weight is 381 g/mol. The molecule has 2 aromatic carbocycles. The first-order valence-electron chi connectivity index (χ1n) is 9.40. The van der Waals surface area contributed by atoms with Crippen LogP contribution in [-0.4, -0.2) is 38.1 Å². The molecule has 0 radical (unpaired) electrons. The van der Waals surface area contributed by atoms with Gasteiger partial charge in [0.1, 0.15) is 5.75 Å². The number of anilines is 2. The molecule has 0 unspecified atom stereocenters. The molecule has 3 rings (SSSR count). The van der Waals surface area contributed by atoms with Crippen LogP contribution in [0.25, 0.3) is 0 Å². The third-order valence-corrected chi connectivity index (χ3v) is 4.77. The van der Waals surface area contributed by atoms with Crippen molar-refractivity contribution in [2.75, 3.05) is 30.4 Å². The number of hydrogen-bond acceptors (Lipinski definition) is 4. The molecule has 0 spiro atoms. The highest BCUT2D eigenvalue weighted by atomic mass is 16.5. The quantitative estimate of drug-likeness (QED) is 0.854. The third-order valence-electron chi connectivity index (χ3n) is 4.77. The van der Waals surface area contributed by atoms with Gasteiger partial charge in [0, 0.05) is 12.7 Å². The van der Waals surface area contributed by atoms with Gasteiger partial charge in [0.2, 0.25) is 5.91 Å². The summed E-state index contributed by atoms with van der Waals surface area (Å²) in [5.74, 6) is 0.248. The molecule has 0 saturated carbocycles. The van der Waals surface area contributed by atoms with E-state index < -0.39 is 6.10 Å². The van der Waals surface area contributed by atoms with E-state index in [0.717, 1.165) is 11.4 Å². The minimum Gasteiger partial charge on any atom is -0.477 e. The van der Waals surface area contributed by atoms with Gasteiger partial charge < -0.3 is 20.3 Å². The predicted molar refractivity (Wildman–Crippen MR) is 111 cm³/mol. The van der Waals surface area contributed by atoms with Crippen molar-refractivity contribution in [1.82, 2.24) is 5.32 Å². The number of likely N-dealkylation sites (N-methyl/N-ethyl adjacent to an activating group) is 1. The number of fused-ring (bicyclic) bond motifs is 1. The number of para-hydroxylation sites is 2. The Morgan fingerprint density at radius 2 is 1.79 bits per heavy atom. The molecule has 2 amide bonds. The summed E-state index contributed by atoms with van der Waals surface area (Å²) >= 11 is 0. The number of carbonyl (C=O) groups excluding carboxylic acids is 2. The summed E-state index contributed by atoms with van der Waals surface area (Å²) < 4.78 is 5.77. The number of amides is 2. The molecule has 1 aliphatic rings. The van der Waals surface area contributed by atoms with Gasteiger partial charge in [0.05, 0.1) is 18.8 Å². The first kappa shape index (κ1) is 19.7. The molecule has 2 N–H and O–H groups in total. The molecule has 6 nitrogen and oxygen atoms in total. The highest BCUT2D eigenvalue weighted by Crippen LogP contribution is 2.33. The van der Waals surface area contributed by atoms with Crippen molar-refractivity contribution in [2.24, 2.45) is 0 Å². The molecule has 0 fully saturated rings. The lowest BCUT2D eigenvalue weighted by Gasteiger charge is -2.35. The van der Waals surface area contributed by atoms with E-state index in [1.165, 1.54) is 5.56 Å². The summed E-state index contributed by atoms with van der Waals surface area (Å²) in [5, 5.41) is 5.54. The van der Waals surface area contributed by atoms with E-state index in [1.807, 2.05) is 47.4 Å².